The summed E-state index contributed by atoms with van der Waals surface area (Å²) < 4.78 is 44.9. The van der Waals surface area contributed by atoms with E-state index in [4.69, 9.17) is 11.6 Å². The summed E-state index contributed by atoms with van der Waals surface area (Å²) in [6.07, 6.45) is 0. The lowest BCUT2D eigenvalue weighted by molar-refractivity contribution is 0.102. The second-order valence-corrected chi connectivity index (χ2v) is 9.40. The molecule has 4 aromatic rings. The van der Waals surface area contributed by atoms with Crippen LogP contribution in [0.2, 0.25) is 5.02 Å². The summed E-state index contributed by atoms with van der Waals surface area (Å²) in [5, 5.41) is 2.98. The fourth-order valence-electron chi connectivity index (χ4n) is 3.37. The van der Waals surface area contributed by atoms with Gasteiger partial charge in [0.25, 0.3) is 15.9 Å². The molecule has 4 rings (SSSR count). The van der Waals surface area contributed by atoms with Gasteiger partial charge in [0.1, 0.15) is 10.7 Å². The van der Waals surface area contributed by atoms with Crippen molar-refractivity contribution in [3.05, 3.63) is 87.6 Å². The first kappa shape index (κ1) is 22.6. The van der Waals surface area contributed by atoms with Gasteiger partial charge in [-0.3, -0.25) is 18.7 Å². The Morgan fingerprint density at radius 1 is 0.909 bits per heavy atom. The smallest absolute Gasteiger partial charge is 0.322 e. The molecule has 0 saturated carbocycles. The first-order valence-electron chi connectivity index (χ1n) is 9.61. The van der Waals surface area contributed by atoms with Crippen LogP contribution in [0.3, 0.4) is 0 Å². The second kappa shape index (κ2) is 8.38. The molecule has 1 heterocycles. The number of imidazole rings is 1. The van der Waals surface area contributed by atoms with E-state index < -0.39 is 26.6 Å². The maximum absolute atomic E-state index is 14.4. The number of benzene rings is 3. The van der Waals surface area contributed by atoms with Crippen molar-refractivity contribution in [2.24, 2.45) is 14.1 Å². The second-order valence-electron chi connectivity index (χ2n) is 7.32. The van der Waals surface area contributed by atoms with Crippen LogP contribution in [-0.2, 0) is 24.1 Å². The van der Waals surface area contributed by atoms with Gasteiger partial charge in [-0.05, 0) is 60.7 Å². The highest BCUT2D eigenvalue weighted by molar-refractivity contribution is 7.92. The van der Waals surface area contributed by atoms with Crippen LogP contribution in [-0.4, -0.2) is 23.5 Å². The maximum Gasteiger partial charge on any atom is 0.328 e. The maximum atomic E-state index is 14.4. The molecule has 0 aliphatic heterocycles. The van der Waals surface area contributed by atoms with Crippen molar-refractivity contribution < 1.29 is 17.6 Å². The zero-order valence-corrected chi connectivity index (χ0v) is 19.0. The number of amides is 1. The highest BCUT2D eigenvalue weighted by atomic mass is 35.5. The fourth-order valence-corrected chi connectivity index (χ4v) is 4.66. The number of sulfonamides is 1. The predicted octanol–water partition coefficient (Wildman–Crippen LogP) is 3.72. The van der Waals surface area contributed by atoms with Gasteiger partial charge >= 0.3 is 5.69 Å². The van der Waals surface area contributed by atoms with Crippen LogP contribution in [0.15, 0.2) is 70.4 Å². The summed E-state index contributed by atoms with van der Waals surface area (Å²) in [5.41, 5.74) is 1.52. The Labute approximate surface area is 193 Å². The summed E-state index contributed by atoms with van der Waals surface area (Å²) in [6, 6.07) is 13.8. The van der Waals surface area contributed by atoms with Crippen LogP contribution in [0.4, 0.5) is 15.8 Å². The molecule has 170 valence electrons. The Morgan fingerprint density at radius 2 is 1.55 bits per heavy atom. The van der Waals surface area contributed by atoms with Crippen molar-refractivity contribution in [2.45, 2.75) is 4.90 Å². The van der Waals surface area contributed by atoms with Gasteiger partial charge in [-0.1, -0.05) is 11.6 Å². The van der Waals surface area contributed by atoms with Gasteiger partial charge in [0.2, 0.25) is 0 Å². The Balaban J connectivity index is 1.62. The van der Waals surface area contributed by atoms with Gasteiger partial charge in [0.05, 0.1) is 11.0 Å². The van der Waals surface area contributed by atoms with Gasteiger partial charge in [-0.2, -0.15) is 0 Å². The molecule has 0 spiro atoms. The largest absolute Gasteiger partial charge is 0.328 e. The molecule has 0 fully saturated rings. The standard InChI is InChI=1S/C22H18ClFN4O4S/c1-27-18-10-3-13(11-19(18)28(2)22(27)30)21(29)25-16-8-9-17(24)20(12-16)33(31,32)26-15-6-4-14(23)5-7-15/h3-12,26H,1-2H3,(H,25,29). The molecule has 0 unspecified atom stereocenters. The SMILES string of the molecule is Cn1c(=O)n(C)c2cc(C(=O)Nc3ccc(F)c(S(=O)(=O)Nc4ccc(Cl)cc4)c3)ccc21. The molecule has 0 bridgehead atoms. The van der Waals surface area contributed by atoms with Gasteiger partial charge < -0.3 is 5.32 Å². The van der Waals surface area contributed by atoms with E-state index in [9.17, 15) is 22.4 Å². The number of halogens is 2. The number of hydrogen-bond acceptors (Lipinski definition) is 4. The zero-order chi connectivity index (χ0) is 23.9. The Kier molecular flexibility index (Phi) is 5.73. The van der Waals surface area contributed by atoms with Crippen molar-refractivity contribution in [2.75, 3.05) is 10.0 Å². The van der Waals surface area contributed by atoms with E-state index in [1.54, 1.807) is 32.3 Å². The van der Waals surface area contributed by atoms with Crippen LogP contribution in [0, 0.1) is 5.82 Å². The lowest BCUT2D eigenvalue weighted by atomic mass is 10.1. The molecule has 0 saturated heterocycles. The number of hydrogen-bond donors (Lipinski definition) is 2. The number of carbonyl (C=O) groups excluding carboxylic acids is 1. The topological polar surface area (TPSA) is 102 Å². The molecule has 0 atom stereocenters. The first-order valence-corrected chi connectivity index (χ1v) is 11.5. The number of nitrogens with zero attached hydrogens (tertiary/aromatic N) is 2. The van der Waals surface area contributed by atoms with Gasteiger partial charge in [-0.25, -0.2) is 17.6 Å². The lowest BCUT2D eigenvalue weighted by Gasteiger charge is -2.11. The number of nitrogens with one attached hydrogen (secondary N) is 2. The third-order valence-electron chi connectivity index (χ3n) is 5.11. The van der Waals surface area contributed by atoms with Crippen LogP contribution < -0.4 is 15.7 Å². The summed E-state index contributed by atoms with van der Waals surface area (Å²) in [7, 11) is -1.05. The minimum Gasteiger partial charge on any atom is -0.322 e. The average molecular weight is 489 g/mol. The fraction of sp³-hybridized carbons (Fsp3) is 0.0909. The van der Waals surface area contributed by atoms with Crippen LogP contribution >= 0.6 is 11.6 Å². The van der Waals surface area contributed by atoms with Gasteiger partial charge in [-0.15, -0.1) is 0 Å². The number of anilines is 2. The highest BCUT2D eigenvalue weighted by Crippen LogP contribution is 2.24. The van der Waals surface area contributed by atoms with E-state index in [-0.39, 0.29) is 22.6 Å². The van der Waals surface area contributed by atoms with Crippen molar-refractivity contribution in [1.82, 2.24) is 9.13 Å². The quantitative estimate of drug-likeness (QED) is 0.447. The lowest BCUT2D eigenvalue weighted by Crippen LogP contribution is -2.19. The molecule has 33 heavy (non-hydrogen) atoms. The molecule has 0 aliphatic carbocycles. The predicted molar refractivity (Wildman–Crippen MR) is 125 cm³/mol. The third kappa shape index (κ3) is 4.35. The van der Waals surface area contributed by atoms with E-state index in [0.717, 1.165) is 12.1 Å². The van der Waals surface area contributed by atoms with Gasteiger partial charge in [0.15, 0.2) is 0 Å². The van der Waals surface area contributed by atoms with Gasteiger partial charge in [0, 0.05) is 36.1 Å². The van der Waals surface area contributed by atoms with Crippen molar-refractivity contribution >= 4 is 49.9 Å². The summed E-state index contributed by atoms with van der Waals surface area (Å²) in [5.74, 6) is -1.52. The van der Waals surface area contributed by atoms with Crippen LogP contribution in [0.25, 0.3) is 11.0 Å². The normalized spacial score (nSPS) is 11.5. The Bertz CT molecular complexity index is 1560. The summed E-state index contributed by atoms with van der Waals surface area (Å²) >= 11 is 5.80. The number of rotatable bonds is 5. The van der Waals surface area contributed by atoms with Crippen molar-refractivity contribution in [1.29, 1.82) is 0 Å². The number of aryl methyl sites for hydroxylation is 2. The van der Waals surface area contributed by atoms with E-state index >= 15 is 0 Å². The molecule has 3 aromatic carbocycles. The highest BCUT2D eigenvalue weighted by Gasteiger charge is 2.21. The average Bonchev–Trinajstić information content (AvgIpc) is 3.00. The summed E-state index contributed by atoms with van der Waals surface area (Å²) in [6.45, 7) is 0. The number of fused-ring (bicyclic) bond motifs is 1. The molecule has 0 radical (unpaired) electrons. The minimum atomic E-state index is -4.28. The number of carbonyl (C=O) groups is 1. The Morgan fingerprint density at radius 3 is 2.24 bits per heavy atom. The van der Waals surface area contributed by atoms with E-state index in [1.807, 2.05) is 0 Å². The number of aromatic nitrogens is 2. The summed E-state index contributed by atoms with van der Waals surface area (Å²) in [4.78, 5) is 24.2. The van der Waals surface area contributed by atoms with Crippen LogP contribution in [0.1, 0.15) is 10.4 Å². The zero-order valence-electron chi connectivity index (χ0n) is 17.5. The first-order chi connectivity index (χ1) is 15.6. The molecule has 1 amide bonds. The van der Waals surface area contributed by atoms with E-state index in [2.05, 4.69) is 10.0 Å². The molecule has 2 N–H and O–H groups in total. The van der Waals surface area contributed by atoms with Crippen LogP contribution in [0.5, 0.6) is 0 Å². The van der Waals surface area contributed by atoms with E-state index in [1.165, 1.54) is 39.5 Å². The molecule has 8 nitrogen and oxygen atoms in total. The molecule has 1 aromatic heterocycles. The third-order valence-corrected chi connectivity index (χ3v) is 6.76. The van der Waals surface area contributed by atoms with E-state index in [0.29, 0.717) is 16.1 Å². The monoisotopic (exact) mass is 488 g/mol. The molecular weight excluding hydrogens is 471 g/mol. The van der Waals surface area contributed by atoms with Crippen molar-refractivity contribution in [3.63, 3.8) is 0 Å². The minimum absolute atomic E-state index is 0.0833. The Hall–Kier alpha value is -3.63. The molecule has 11 heteroatoms. The van der Waals surface area contributed by atoms with Crippen molar-refractivity contribution in [3.8, 4) is 0 Å². The molecule has 0 aliphatic rings. The molecular formula is C22H18ClFN4O4S.